The van der Waals surface area contributed by atoms with Gasteiger partial charge in [0.2, 0.25) is 0 Å². The Morgan fingerprint density at radius 1 is 1.35 bits per heavy atom. The SMILES string of the molecule is C[C@H](NCC(O)COC1CCCCC1)c1ccccn1. The Morgan fingerprint density at radius 2 is 2.15 bits per heavy atom. The monoisotopic (exact) mass is 278 g/mol. The van der Waals surface area contributed by atoms with Gasteiger partial charge in [-0.3, -0.25) is 4.98 Å². The summed E-state index contributed by atoms with van der Waals surface area (Å²) in [4.78, 5) is 4.30. The first-order chi connectivity index (χ1) is 9.75. The van der Waals surface area contributed by atoms with Crippen LogP contribution in [0.3, 0.4) is 0 Å². The molecule has 112 valence electrons. The van der Waals surface area contributed by atoms with E-state index in [0.717, 1.165) is 18.5 Å². The second-order valence-electron chi connectivity index (χ2n) is 5.63. The van der Waals surface area contributed by atoms with Gasteiger partial charge in [0.25, 0.3) is 0 Å². The number of rotatable bonds is 7. The van der Waals surface area contributed by atoms with Crippen LogP contribution in [0.15, 0.2) is 24.4 Å². The molecule has 4 heteroatoms. The van der Waals surface area contributed by atoms with E-state index in [0.29, 0.717) is 19.3 Å². The van der Waals surface area contributed by atoms with Gasteiger partial charge in [0, 0.05) is 18.8 Å². The van der Waals surface area contributed by atoms with E-state index in [-0.39, 0.29) is 6.04 Å². The molecule has 0 aromatic carbocycles. The zero-order valence-corrected chi connectivity index (χ0v) is 12.3. The number of aromatic nitrogens is 1. The van der Waals surface area contributed by atoms with Gasteiger partial charge >= 0.3 is 0 Å². The molecule has 2 rings (SSSR count). The number of ether oxygens (including phenoxy) is 1. The Balaban J connectivity index is 1.63. The van der Waals surface area contributed by atoms with Crippen LogP contribution in [0, 0.1) is 0 Å². The lowest BCUT2D eigenvalue weighted by molar-refractivity contribution is -0.0235. The third kappa shape index (κ3) is 5.19. The van der Waals surface area contributed by atoms with E-state index in [1.807, 2.05) is 18.2 Å². The van der Waals surface area contributed by atoms with Gasteiger partial charge < -0.3 is 15.2 Å². The first-order valence-electron chi connectivity index (χ1n) is 7.69. The number of nitrogens with one attached hydrogen (secondary N) is 1. The van der Waals surface area contributed by atoms with Gasteiger partial charge in [-0.15, -0.1) is 0 Å². The maximum atomic E-state index is 9.97. The molecule has 0 saturated heterocycles. The highest BCUT2D eigenvalue weighted by atomic mass is 16.5. The topological polar surface area (TPSA) is 54.4 Å². The summed E-state index contributed by atoms with van der Waals surface area (Å²) in [5.41, 5.74) is 0.993. The predicted molar refractivity (Wildman–Crippen MR) is 79.5 cm³/mol. The number of hydrogen-bond donors (Lipinski definition) is 2. The molecule has 1 saturated carbocycles. The highest BCUT2D eigenvalue weighted by molar-refractivity contribution is 5.07. The Hall–Kier alpha value is -0.970. The lowest BCUT2D eigenvalue weighted by Gasteiger charge is -2.24. The van der Waals surface area contributed by atoms with E-state index in [1.54, 1.807) is 6.20 Å². The number of aliphatic hydroxyl groups is 1. The smallest absolute Gasteiger partial charge is 0.0898 e. The summed E-state index contributed by atoms with van der Waals surface area (Å²) in [6.07, 6.45) is 7.82. The number of hydrogen-bond acceptors (Lipinski definition) is 4. The number of pyridine rings is 1. The maximum absolute atomic E-state index is 9.97. The normalized spacial score (nSPS) is 19.7. The van der Waals surface area contributed by atoms with Gasteiger partial charge in [0.15, 0.2) is 0 Å². The van der Waals surface area contributed by atoms with Gasteiger partial charge in [0.05, 0.1) is 24.5 Å². The van der Waals surface area contributed by atoms with E-state index < -0.39 is 6.10 Å². The quantitative estimate of drug-likeness (QED) is 0.804. The van der Waals surface area contributed by atoms with Crippen LogP contribution in [0.25, 0.3) is 0 Å². The van der Waals surface area contributed by atoms with Crippen molar-refractivity contribution in [3.8, 4) is 0 Å². The van der Waals surface area contributed by atoms with Crippen molar-refractivity contribution in [2.24, 2.45) is 0 Å². The summed E-state index contributed by atoms with van der Waals surface area (Å²) in [5.74, 6) is 0. The Bertz CT molecular complexity index is 366. The first-order valence-corrected chi connectivity index (χ1v) is 7.69. The van der Waals surface area contributed by atoms with E-state index in [9.17, 15) is 5.11 Å². The van der Waals surface area contributed by atoms with Crippen molar-refractivity contribution in [2.45, 2.75) is 57.3 Å². The van der Waals surface area contributed by atoms with Crippen LogP contribution < -0.4 is 5.32 Å². The number of nitrogens with zero attached hydrogens (tertiary/aromatic N) is 1. The highest BCUT2D eigenvalue weighted by Gasteiger charge is 2.16. The van der Waals surface area contributed by atoms with Crippen molar-refractivity contribution in [2.75, 3.05) is 13.2 Å². The molecule has 0 radical (unpaired) electrons. The van der Waals surface area contributed by atoms with E-state index in [2.05, 4.69) is 17.2 Å². The van der Waals surface area contributed by atoms with E-state index >= 15 is 0 Å². The summed E-state index contributed by atoms with van der Waals surface area (Å²) >= 11 is 0. The third-order valence-corrected chi connectivity index (χ3v) is 3.87. The van der Waals surface area contributed by atoms with Crippen molar-refractivity contribution >= 4 is 0 Å². The molecule has 1 unspecified atom stereocenters. The van der Waals surface area contributed by atoms with Gasteiger partial charge in [0.1, 0.15) is 0 Å². The second-order valence-corrected chi connectivity index (χ2v) is 5.63. The van der Waals surface area contributed by atoms with Crippen molar-refractivity contribution < 1.29 is 9.84 Å². The largest absolute Gasteiger partial charge is 0.389 e. The summed E-state index contributed by atoms with van der Waals surface area (Å²) < 4.78 is 5.78. The Kier molecular flexibility index (Phi) is 6.43. The molecule has 1 heterocycles. The summed E-state index contributed by atoms with van der Waals surface area (Å²) in [5, 5.41) is 13.3. The van der Waals surface area contributed by atoms with Crippen molar-refractivity contribution in [1.82, 2.24) is 10.3 Å². The molecule has 1 aliphatic rings. The molecule has 1 aliphatic carbocycles. The minimum Gasteiger partial charge on any atom is -0.389 e. The van der Waals surface area contributed by atoms with E-state index in [1.165, 1.54) is 19.3 Å². The molecular weight excluding hydrogens is 252 g/mol. The minimum atomic E-state index is -0.455. The molecule has 4 nitrogen and oxygen atoms in total. The van der Waals surface area contributed by atoms with Crippen molar-refractivity contribution in [3.05, 3.63) is 30.1 Å². The van der Waals surface area contributed by atoms with Crippen LogP contribution in [0.5, 0.6) is 0 Å². The third-order valence-electron chi connectivity index (χ3n) is 3.87. The Morgan fingerprint density at radius 3 is 2.85 bits per heavy atom. The van der Waals surface area contributed by atoms with Gasteiger partial charge in [-0.25, -0.2) is 0 Å². The zero-order valence-electron chi connectivity index (χ0n) is 12.3. The average molecular weight is 278 g/mol. The molecule has 1 aromatic rings. The lowest BCUT2D eigenvalue weighted by atomic mass is 9.98. The fourth-order valence-electron chi connectivity index (χ4n) is 2.59. The number of aliphatic hydroxyl groups excluding tert-OH is 1. The average Bonchev–Trinajstić information content (AvgIpc) is 2.52. The molecule has 0 spiro atoms. The Labute approximate surface area is 121 Å². The predicted octanol–water partition coefficient (Wildman–Crippen LogP) is 2.44. The molecule has 1 fully saturated rings. The molecular formula is C16H26N2O2. The van der Waals surface area contributed by atoms with Crippen LogP contribution in [0.2, 0.25) is 0 Å². The van der Waals surface area contributed by atoms with Crippen LogP contribution in [0.1, 0.15) is 50.8 Å². The molecule has 0 aliphatic heterocycles. The maximum Gasteiger partial charge on any atom is 0.0898 e. The molecule has 20 heavy (non-hydrogen) atoms. The molecule has 2 atom stereocenters. The van der Waals surface area contributed by atoms with Crippen LogP contribution in [-0.4, -0.2) is 35.5 Å². The summed E-state index contributed by atoms with van der Waals surface area (Å²) in [7, 11) is 0. The summed E-state index contributed by atoms with van der Waals surface area (Å²) in [6, 6.07) is 6.01. The fraction of sp³-hybridized carbons (Fsp3) is 0.688. The molecule has 0 bridgehead atoms. The fourth-order valence-corrected chi connectivity index (χ4v) is 2.59. The molecule has 1 aromatic heterocycles. The van der Waals surface area contributed by atoms with Crippen LogP contribution >= 0.6 is 0 Å². The van der Waals surface area contributed by atoms with Gasteiger partial charge in [-0.2, -0.15) is 0 Å². The van der Waals surface area contributed by atoms with Crippen LogP contribution in [0.4, 0.5) is 0 Å². The zero-order chi connectivity index (χ0) is 14.2. The second kappa shape index (κ2) is 8.35. The summed E-state index contributed by atoms with van der Waals surface area (Å²) in [6.45, 7) is 3.01. The lowest BCUT2D eigenvalue weighted by Crippen LogP contribution is -2.34. The van der Waals surface area contributed by atoms with E-state index in [4.69, 9.17) is 4.74 Å². The first kappa shape index (κ1) is 15.4. The standard InChI is InChI=1S/C16H26N2O2/c1-13(16-9-5-6-10-17-16)18-11-14(19)12-20-15-7-3-2-4-8-15/h5-6,9-10,13-15,18-19H,2-4,7-8,11-12H2,1H3/t13-,14?/m0/s1. The minimum absolute atomic E-state index is 0.139. The van der Waals surface area contributed by atoms with Crippen LogP contribution in [-0.2, 0) is 4.74 Å². The molecule has 0 amide bonds. The van der Waals surface area contributed by atoms with Gasteiger partial charge in [-0.1, -0.05) is 25.3 Å². The van der Waals surface area contributed by atoms with Crippen molar-refractivity contribution in [1.29, 1.82) is 0 Å². The highest BCUT2D eigenvalue weighted by Crippen LogP contribution is 2.20. The molecule has 2 N–H and O–H groups in total. The van der Waals surface area contributed by atoms with Crippen molar-refractivity contribution in [3.63, 3.8) is 0 Å². The van der Waals surface area contributed by atoms with Gasteiger partial charge in [-0.05, 0) is 31.9 Å².